The minimum absolute atomic E-state index is 0.109. The van der Waals surface area contributed by atoms with Crippen molar-refractivity contribution in [2.24, 2.45) is 5.92 Å². The zero-order valence-electron chi connectivity index (χ0n) is 17.2. The van der Waals surface area contributed by atoms with Crippen LogP contribution in [0.2, 0.25) is 0 Å². The Balaban J connectivity index is 2.00. The predicted octanol–water partition coefficient (Wildman–Crippen LogP) is 3.21. The molecule has 2 N–H and O–H groups in total. The normalized spacial score (nSPS) is 16.9. The van der Waals surface area contributed by atoms with Gasteiger partial charge < -0.3 is 10.2 Å². The van der Waals surface area contributed by atoms with Gasteiger partial charge in [0, 0.05) is 18.2 Å². The van der Waals surface area contributed by atoms with Crippen molar-refractivity contribution in [2.45, 2.75) is 57.4 Å². The van der Waals surface area contributed by atoms with E-state index in [0.29, 0.717) is 12.2 Å². The number of nitro groups is 1. The molecule has 1 aromatic rings. The summed E-state index contributed by atoms with van der Waals surface area (Å²) in [7, 11) is -3.82. The molecule has 0 radical (unpaired) electrons. The highest BCUT2D eigenvalue weighted by Crippen LogP contribution is 2.28. The van der Waals surface area contributed by atoms with Gasteiger partial charge in [0.05, 0.1) is 9.82 Å². The maximum atomic E-state index is 12.4. The van der Waals surface area contributed by atoms with E-state index in [2.05, 4.69) is 21.9 Å². The minimum atomic E-state index is -3.82. The Morgan fingerprint density at radius 2 is 1.89 bits per heavy atom. The van der Waals surface area contributed by atoms with Crippen LogP contribution >= 0.6 is 0 Å². The second-order valence-corrected chi connectivity index (χ2v) is 10.3. The monoisotopic (exact) mass is 412 g/mol. The van der Waals surface area contributed by atoms with Crippen LogP contribution in [-0.2, 0) is 10.0 Å². The van der Waals surface area contributed by atoms with E-state index < -0.39 is 20.5 Å². The van der Waals surface area contributed by atoms with Gasteiger partial charge in [0.25, 0.3) is 5.69 Å². The summed E-state index contributed by atoms with van der Waals surface area (Å²) in [5.41, 5.74) is -0.563. The van der Waals surface area contributed by atoms with E-state index >= 15 is 0 Å². The Bertz CT molecular complexity index is 782. The molecule has 8 nitrogen and oxygen atoms in total. The van der Waals surface area contributed by atoms with Crippen LogP contribution in [0.3, 0.4) is 0 Å². The molecule has 0 bridgehead atoms. The van der Waals surface area contributed by atoms with Crippen LogP contribution in [-0.4, -0.2) is 50.0 Å². The Kier molecular flexibility index (Phi) is 7.41. The number of likely N-dealkylation sites (tertiary alicyclic amines) is 1. The lowest BCUT2D eigenvalue weighted by Gasteiger charge is -2.30. The Morgan fingerprint density at radius 3 is 2.46 bits per heavy atom. The fraction of sp³-hybridized carbons (Fsp3) is 0.684. The number of nitrogens with one attached hydrogen (secondary N) is 2. The third-order valence-electron chi connectivity index (χ3n) is 4.76. The number of rotatable bonds is 8. The van der Waals surface area contributed by atoms with Crippen molar-refractivity contribution in [2.75, 3.05) is 31.5 Å². The molecule has 0 unspecified atom stereocenters. The smallest absolute Gasteiger partial charge is 0.293 e. The summed E-state index contributed by atoms with van der Waals surface area (Å²) in [5, 5.41) is 14.5. The molecule has 0 saturated carbocycles. The molecule has 1 aliphatic heterocycles. The van der Waals surface area contributed by atoms with E-state index in [-0.39, 0.29) is 10.6 Å². The first kappa shape index (κ1) is 22.6. The first-order chi connectivity index (χ1) is 13.0. The highest BCUT2D eigenvalue weighted by atomic mass is 32.2. The van der Waals surface area contributed by atoms with Crippen molar-refractivity contribution >= 4 is 21.4 Å². The first-order valence-electron chi connectivity index (χ1n) is 9.76. The van der Waals surface area contributed by atoms with Crippen molar-refractivity contribution in [1.29, 1.82) is 0 Å². The van der Waals surface area contributed by atoms with Gasteiger partial charge in [-0.15, -0.1) is 0 Å². The molecule has 0 aromatic heterocycles. The molecule has 2 rings (SSSR count). The van der Waals surface area contributed by atoms with Crippen LogP contribution in [0.15, 0.2) is 23.1 Å². The molecule has 9 heteroatoms. The molecule has 1 aromatic carbocycles. The summed E-state index contributed by atoms with van der Waals surface area (Å²) in [4.78, 5) is 13.2. The molecule has 0 spiro atoms. The number of anilines is 1. The van der Waals surface area contributed by atoms with Crippen molar-refractivity contribution in [1.82, 2.24) is 9.62 Å². The second-order valence-electron chi connectivity index (χ2n) is 8.60. The Morgan fingerprint density at radius 1 is 1.25 bits per heavy atom. The lowest BCUT2D eigenvalue weighted by molar-refractivity contribution is -0.384. The fourth-order valence-corrected chi connectivity index (χ4v) is 4.69. The quantitative estimate of drug-likeness (QED) is 0.386. The molecule has 0 aliphatic carbocycles. The summed E-state index contributed by atoms with van der Waals surface area (Å²) in [6, 6.07) is 3.98. The van der Waals surface area contributed by atoms with Gasteiger partial charge >= 0.3 is 0 Å². The van der Waals surface area contributed by atoms with E-state index in [0.717, 1.165) is 38.0 Å². The van der Waals surface area contributed by atoms with Crippen molar-refractivity contribution in [3.05, 3.63) is 28.3 Å². The van der Waals surface area contributed by atoms with Gasteiger partial charge in [0.2, 0.25) is 10.0 Å². The SMILES string of the molecule is CC1CCN(CCCNc2ccc(S(=O)(=O)NC(C)(C)C)cc2[N+](=O)[O-])CC1. The third-order valence-corrected chi connectivity index (χ3v) is 6.52. The van der Waals surface area contributed by atoms with Crippen LogP contribution in [0.1, 0.15) is 47.0 Å². The van der Waals surface area contributed by atoms with E-state index in [1.165, 1.54) is 25.0 Å². The van der Waals surface area contributed by atoms with E-state index in [1.807, 2.05) is 0 Å². The highest BCUT2D eigenvalue weighted by Gasteiger charge is 2.25. The van der Waals surface area contributed by atoms with Crippen molar-refractivity contribution < 1.29 is 13.3 Å². The third kappa shape index (κ3) is 6.72. The van der Waals surface area contributed by atoms with Crippen LogP contribution in [0.4, 0.5) is 11.4 Å². The molecule has 0 atom stereocenters. The lowest BCUT2D eigenvalue weighted by Crippen LogP contribution is -2.40. The van der Waals surface area contributed by atoms with Gasteiger partial charge in [0.1, 0.15) is 5.69 Å². The average molecular weight is 413 g/mol. The predicted molar refractivity (Wildman–Crippen MR) is 111 cm³/mol. The number of nitro benzene ring substituents is 1. The number of sulfonamides is 1. The number of piperidine rings is 1. The molecule has 1 heterocycles. The van der Waals surface area contributed by atoms with E-state index in [1.54, 1.807) is 20.8 Å². The molecule has 1 saturated heterocycles. The standard InChI is InChI=1S/C19H32N4O4S/c1-15-8-12-22(13-9-15)11-5-10-20-17-7-6-16(14-18(17)23(24)25)28(26,27)21-19(2,3)4/h6-7,14-15,20-21H,5,8-13H2,1-4H3. The second kappa shape index (κ2) is 9.19. The molecule has 158 valence electrons. The van der Waals surface area contributed by atoms with Crippen molar-refractivity contribution in [3.63, 3.8) is 0 Å². The molecular weight excluding hydrogens is 380 g/mol. The highest BCUT2D eigenvalue weighted by molar-refractivity contribution is 7.89. The molecule has 28 heavy (non-hydrogen) atoms. The zero-order valence-corrected chi connectivity index (χ0v) is 18.0. The summed E-state index contributed by atoms with van der Waals surface area (Å²) in [5.74, 6) is 0.791. The summed E-state index contributed by atoms with van der Waals surface area (Å²) >= 11 is 0. The average Bonchev–Trinajstić information content (AvgIpc) is 2.58. The molecule has 1 fully saturated rings. The largest absolute Gasteiger partial charge is 0.379 e. The zero-order chi connectivity index (χ0) is 20.9. The fourth-order valence-electron chi connectivity index (χ4n) is 3.25. The molecular formula is C19H32N4O4S. The van der Waals surface area contributed by atoms with Gasteiger partial charge in [0.15, 0.2) is 0 Å². The van der Waals surface area contributed by atoms with Gasteiger partial charge in [-0.25, -0.2) is 13.1 Å². The first-order valence-corrected chi connectivity index (χ1v) is 11.2. The van der Waals surface area contributed by atoms with Crippen molar-refractivity contribution in [3.8, 4) is 0 Å². The lowest BCUT2D eigenvalue weighted by atomic mass is 9.99. The number of hydrogen-bond acceptors (Lipinski definition) is 6. The summed E-state index contributed by atoms with van der Waals surface area (Å²) < 4.78 is 27.4. The van der Waals surface area contributed by atoms with Gasteiger partial charge in [-0.2, -0.15) is 0 Å². The number of hydrogen-bond donors (Lipinski definition) is 2. The van der Waals surface area contributed by atoms with Gasteiger partial charge in [-0.3, -0.25) is 10.1 Å². The minimum Gasteiger partial charge on any atom is -0.379 e. The van der Waals surface area contributed by atoms with Crippen LogP contribution in [0.25, 0.3) is 0 Å². The van der Waals surface area contributed by atoms with Gasteiger partial charge in [-0.1, -0.05) is 6.92 Å². The maximum absolute atomic E-state index is 12.4. The number of nitrogens with zero attached hydrogens (tertiary/aromatic N) is 2. The Labute approximate surface area is 167 Å². The molecule has 1 aliphatic rings. The Hall–Kier alpha value is -1.71. The topological polar surface area (TPSA) is 105 Å². The summed E-state index contributed by atoms with van der Waals surface area (Å²) in [6.07, 6.45) is 3.31. The van der Waals surface area contributed by atoms with E-state index in [9.17, 15) is 18.5 Å². The van der Waals surface area contributed by atoms with Crippen LogP contribution < -0.4 is 10.0 Å². The number of benzene rings is 1. The van der Waals surface area contributed by atoms with E-state index in [4.69, 9.17) is 0 Å². The van der Waals surface area contributed by atoms with Crippen LogP contribution in [0.5, 0.6) is 0 Å². The van der Waals surface area contributed by atoms with Crippen LogP contribution in [0, 0.1) is 16.0 Å². The maximum Gasteiger partial charge on any atom is 0.293 e. The van der Waals surface area contributed by atoms with Gasteiger partial charge in [-0.05, 0) is 77.7 Å². The summed E-state index contributed by atoms with van der Waals surface area (Å²) in [6.45, 7) is 11.2. The molecule has 0 amide bonds.